The zero-order chi connectivity index (χ0) is 27.4. The highest BCUT2D eigenvalue weighted by atomic mass is 19.1. The summed E-state index contributed by atoms with van der Waals surface area (Å²) in [6.45, 7) is 4.79. The molecule has 1 amide bonds. The van der Waals surface area contributed by atoms with Gasteiger partial charge in [0.1, 0.15) is 5.82 Å². The summed E-state index contributed by atoms with van der Waals surface area (Å²) in [6.07, 6.45) is 5.07. The van der Waals surface area contributed by atoms with Gasteiger partial charge in [-0.25, -0.2) is 4.39 Å². The molecule has 3 aromatic carbocycles. The molecule has 1 fully saturated rings. The maximum atomic E-state index is 13.2. The first-order chi connectivity index (χ1) is 18.9. The van der Waals surface area contributed by atoms with Gasteiger partial charge >= 0.3 is 0 Å². The molecule has 7 heteroatoms. The molecule has 6 nitrogen and oxygen atoms in total. The van der Waals surface area contributed by atoms with Gasteiger partial charge in [-0.05, 0) is 85.2 Å². The Hall–Kier alpha value is -3.84. The van der Waals surface area contributed by atoms with Crippen LogP contribution in [0.2, 0.25) is 0 Å². The predicted molar refractivity (Wildman–Crippen MR) is 150 cm³/mol. The second-order valence-corrected chi connectivity index (χ2v) is 10.4. The van der Waals surface area contributed by atoms with Gasteiger partial charge in [-0.1, -0.05) is 24.3 Å². The molecule has 1 saturated heterocycles. The van der Waals surface area contributed by atoms with Gasteiger partial charge in [0.15, 0.2) is 5.78 Å². The van der Waals surface area contributed by atoms with Crippen LogP contribution in [0.4, 0.5) is 4.39 Å². The second kappa shape index (κ2) is 11.9. The molecule has 39 heavy (non-hydrogen) atoms. The third kappa shape index (κ3) is 6.09. The van der Waals surface area contributed by atoms with Crippen LogP contribution in [0.3, 0.4) is 0 Å². The topological polar surface area (TPSA) is 64.4 Å². The first-order valence-electron chi connectivity index (χ1n) is 13.6. The van der Waals surface area contributed by atoms with Crippen LogP contribution in [0.5, 0.6) is 0 Å². The SMILES string of the molecule is COCCCC(=O)c1ccc2nn(CC3CCN(C(=O)c4ccc(-c5ccc(F)cc5)cc4)CC3)cc2c1C. The van der Waals surface area contributed by atoms with Crippen molar-refractivity contribution in [3.05, 3.63) is 89.4 Å². The number of likely N-dealkylation sites (tertiary alicyclic amines) is 1. The Balaban J connectivity index is 1.17. The zero-order valence-corrected chi connectivity index (χ0v) is 22.5. The van der Waals surface area contributed by atoms with Crippen molar-refractivity contribution in [3.8, 4) is 11.1 Å². The number of methoxy groups -OCH3 is 1. The molecule has 1 aliphatic heterocycles. The number of halogens is 1. The fraction of sp³-hybridized carbons (Fsp3) is 0.344. The Bertz CT molecular complexity index is 1450. The molecule has 0 unspecified atom stereocenters. The van der Waals surface area contributed by atoms with Crippen LogP contribution in [0, 0.1) is 18.7 Å². The lowest BCUT2D eigenvalue weighted by atomic mass is 9.96. The largest absolute Gasteiger partial charge is 0.385 e. The highest BCUT2D eigenvalue weighted by molar-refractivity contribution is 6.01. The van der Waals surface area contributed by atoms with Gasteiger partial charge in [-0.2, -0.15) is 5.10 Å². The molecule has 0 spiro atoms. The molecule has 1 aromatic heterocycles. The summed E-state index contributed by atoms with van der Waals surface area (Å²) < 4.78 is 20.3. The summed E-state index contributed by atoms with van der Waals surface area (Å²) in [5, 5.41) is 5.79. The number of rotatable bonds is 9. The first-order valence-corrected chi connectivity index (χ1v) is 13.6. The van der Waals surface area contributed by atoms with E-state index in [1.165, 1.54) is 12.1 Å². The lowest BCUT2D eigenvalue weighted by Crippen LogP contribution is -2.39. The molecular weight excluding hydrogens is 493 g/mol. The van der Waals surface area contributed by atoms with Crippen LogP contribution in [0.15, 0.2) is 66.9 Å². The number of amides is 1. The standard InChI is InChI=1S/C32H34FN3O3/c1-22-28(31(37)4-3-19-39-2)13-14-30-29(22)21-36(34-30)20-23-15-17-35(18-16-23)32(38)26-7-5-24(6-8-26)25-9-11-27(33)12-10-25/h5-14,21,23H,3-4,15-20H2,1-2H3. The minimum Gasteiger partial charge on any atom is -0.385 e. The highest BCUT2D eigenvalue weighted by Crippen LogP contribution is 2.26. The van der Waals surface area contributed by atoms with Gasteiger partial charge < -0.3 is 9.64 Å². The van der Waals surface area contributed by atoms with Crippen LogP contribution in [-0.2, 0) is 11.3 Å². The molecule has 0 radical (unpaired) electrons. The molecule has 0 bridgehead atoms. The van der Waals surface area contributed by atoms with Gasteiger partial charge in [0, 0.05) is 62.5 Å². The predicted octanol–water partition coefficient (Wildman–Crippen LogP) is 6.31. The summed E-state index contributed by atoms with van der Waals surface area (Å²) >= 11 is 0. The van der Waals surface area contributed by atoms with Crippen LogP contribution in [0.25, 0.3) is 22.0 Å². The Kier molecular flexibility index (Phi) is 8.17. The van der Waals surface area contributed by atoms with E-state index in [2.05, 4.69) is 6.20 Å². The number of Topliss-reactive ketones (excluding diaryl/α,β-unsaturated/α-hetero) is 1. The lowest BCUT2D eigenvalue weighted by molar-refractivity contribution is 0.0681. The summed E-state index contributed by atoms with van der Waals surface area (Å²) in [6, 6.07) is 17.7. The van der Waals surface area contributed by atoms with E-state index in [9.17, 15) is 14.0 Å². The summed E-state index contributed by atoms with van der Waals surface area (Å²) in [7, 11) is 1.65. The van der Waals surface area contributed by atoms with Crippen molar-refractivity contribution in [1.29, 1.82) is 0 Å². The monoisotopic (exact) mass is 527 g/mol. The lowest BCUT2D eigenvalue weighted by Gasteiger charge is -2.32. The molecule has 0 N–H and O–H groups in total. The van der Waals surface area contributed by atoms with Crippen molar-refractivity contribution in [2.24, 2.45) is 5.92 Å². The molecule has 0 aliphatic carbocycles. The summed E-state index contributed by atoms with van der Waals surface area (Å²) in [5.41, 5.74) is 5.18. The normalized spacial score (nSPS) is 14.2. The Morgan fingerprint density at radius 2 is 1.64 bits per heavy atom. The summed E-state index contributed by atoms with van der Waals surface area (Å²) in [4.78, 5) is 27.7. The van der Waals surface area contributed by atoms with Gasteiger partial charge in [-0.3, -0.25) is 14.3 Å². The van der Waals surface area contributed by atoms with E-state index in [0.29, 0.717) is 44.0 Å². The fourth-order valence-electron chi connectivity index (χ4n) is 5.40. The smallest absolute Gasteiger partial charge is 0.253 e. The van der Waals surface area contributed by atoms with Crippen molar-refractivity contribution in [2.45, 2.75) is 39.2 Å². The average molecular weight is 528 g/mol. The van der Waals surface area contributed by atoms with Crippen molar-refractivity contribution in [3.63, 3.8) is 0 Å². The Morgan fingerprint density at radius 3 is 2.31 bits per heavy atom. The van der Waals surface area contributed by atoms with Crippen LogP contribution in [-0.4, -0.2) is 53.2 Å². The number of hydrogen-bond donors (Lipinski definition) is 0. The van der Waals surface area contributed by atoms with Gasteiger partial charge in [-0.15, -0.1) is 0 Å². The number of piperidine rings is 1. The zero-order valence-electron chi connectivity index (χ0n) is 22.5. The number of ether oxygens (including phenoxy) is 1. The molecule has 4 aromatic rings. The Morgan fingerprint density at radius 1 is 0.974 bits per heavy atom. The molecule has 0 saturated carbocycles. The average Bonchev–Trinajstić information content (AvgIpc) is 3.37. The van der Waals surface area contributed by atoms with Crippen molar-refractivity contribution >= 4 is 22.6 Å². The molecular formula is C32H34FN3O3. The number of aromatic nitrogens is 2. The maximum absolute atomic E-state index is 13.2. The van der Waals surface area contributed by atoms with Crippen molar-refractivity contribution in [2.75, 3.05) is 26.8 Å². The van der Waals surface area contributed by atoms with E-state index in [1.54, 1.807) is 19.2 Å². The van der Waals surface area contributed by atoms with Crippen LogP contribution in [0.1, 0.15) is 52.0 Å². The third-order valence-electron chi connectivity index (χ3n) is 7.72. The molecule has 1 aliphatic rings. The van der Waals surface area contributed by atoms with E-state index < -0.39 is 0 Å². The number of nitrogens with zero attached hydrogens (tertiary/aromatic N) is 3. The molecule has 5 rings (SSSR count). The maximum Gasteiger partial charge on any atom is 0.253 e. The van der Waals surface area contributed by atoms with E-state index >= 15 is 0 Å². The van der Waals surface area contributed by atoms with E-state index in [4.69, 9.17) is 9.84 Å². The number of benzene rings is 3. The number of hydrogen-bond acceptors (Lipinski definition) is 4. The highest BCUT2D eigenvalue weighted by Gasteiger charge is 2.24. The first kappa shape index (κ1) is 26.8. The second-order valence-electron chi connectivity index (χ2n) is 10.4. The quantitative estimate of drug-likeness (QED) is 0.189. The van der Waals surface area contributed by atoms with E-state index in [0.717, 1.165) is 52.5 Å². The van der Waals surface area contributed by atoms with Crippen LogP contribution < -0.4 is 0 Å². The van der Waals surface area contributed by atoms with E-state index in [1.807, 2.05) is 52.9 Å². The van der Waals surface area contributed by atoms with Gasteiger partial charge in [0.25, 0.3) is 5.91 Å². The van der Waals surface area contributed by atoms with Crippen LogP contribution >= 0.6 is 0 Å². The molecule has 0 atom stereocenters. The number of fused-ring (bicyclic) bond motifs is 1. The minimum atomic E-state index is -0.264. The molecule has 202 valence electrons. The Labute approximate surface area is 228 Å². The van der Waals surface area contributed by atoms with Crippen molar-refractivity contribution in [1.82, 2.24) is 14.7 Å². The van der Waals surface area contributed by atoms with Gasteiger partial charge in [0.05, 0.1) is 5.52 Å². The summed E-state index contributed by atoms with van der Waals surface area (Å²) in [5.74, 6) is 0.350. The third-order valence-corrected chi connectivity index (χ3v) is 7.72. The number of carbonyl (C=O) groups excluding carboxylic acids is 2. The minimum absolute atomic E-state index is 0.0438. The fourth-order valence-corrected chi connectivity index (χ4v) is 5.40. The van der Waals surface area contributed by atoms with Crippen molar-refractivity contribution < 1.29 is 18.7 Å². The van der Waals surface area contributed by atoms with E-state index in [-0.39, 0.29) is 17.5 Å². The number of ketones is 1. The number of aryl methyl sites for hydroxylation is 1. The number of carbonyl (C=O) groups is 2. The van der Waals surface area contributed by atoms with Gasteiger partial charge in [0.2, 0.25) is 0 Å². The molecule has 2 heterocycles.